The molecule has 24 heavy (non-hydrogen) atoms. The molecular formula is C12H19N3O8S. The minimum atomic E-state index is -4.06. The summed E-state index contributed by atoms with van der Waals surface area (Å²) in [4.78, 5) is 25.0. The molecule has 1 aromatic heterocycles. The Balaban J connectivity index is 2.64. The average Bonchev–Trinajstić information content (AvgIpc) is 2.71. The van der Waals surface area contributed by atoms with Gasteiger partial charge < -0.3 is 25.8 Å². The number of aromatic nitrogens is 2. The number of nitrogens with two attached hydrogens (primary N) is 1. The zero-order chi connectivity index (χ0) is 18.3. The molecule has 0 radical (unpaired) electrons. The Kier molecular flexibility index (Phi) is 4.99. The maximum Gasteiger partial charge on any atom is 0.330 e. The van der Waals surface area contributed by atoms with Crippen molar-refractivity contribution in [3.05, 3.63) is 27.0 Å². The van der Waals surface area contributed by atoms with Crippen LogP contribution < -0.4 is 17.0 Å². The van der Waals surface area contributed by atoms with Crippen LogP contribution in [-0.2, 0) is 20.3 Å². The second-order valence-electron chi connectivity index (χ2n) is 5.56. The molecule has 0 aliphatic carbocycles. The van der Waals surface area contributed by atoms with Gasteiger partial charge >= 0.3 is 5.69 Å². The van der Waals surface area contributed by atoms with Gasteiger partial charge in [0.1, 0.15) is 23.2 Å². The molecule has 1 saturated heterocycles. The summed E-state index contributed by atoms with van der Waals surface area (Å²) in [5.41, 5.74) is 1.15. The van der Waals surface area contributed by atoms with Crippen molar-refractivity contribution in [1.82, 2.24) is 9.55 Å². The smallest absolute Gasteiger partial charge is 0.330 e. The van der Waals surface area contributed by atoms with Gasteiger partial charge in [-0.1, -0.05) is 0 Å². The molecule has 0 saturated carbocycles. The van der Waals surface area contributed by atoms with Gasteiger partial charge in [-0.3, -0.25) is 14.3 Å². The number of aliphatic hydroxyl groups excluding tert-OH is 3. The van der Waals surface area contributed by atoms with Crippen LogP contribution in [0.3, 0.4) is 0 Å². The van der Waals surface area contributed by atoms with Crippen LogP contribution in [0.25, 0.3) is 0 Å². The van der Waals surface area contributed by atoms with Crippen molar-refractivity contribution in [1.29, 1.82) is 0 Å². The highest BCUT2D eigenvalue weighted by Gasteiger charge is 2.53. The van der Waals surface area contributed by atoms with E-state index in [1.807, 2.05) is 4.98 Å². The quantitative estimate of drug-likeness (QED) is 0.347. The molecule has 2 heterocycles. The van der Waals surface area contributed by atoms with Gasteiger partial charge in [-0.15, -0.1) is 0 Å². The van der Waals surface area contributed by atoms with Gasteiger partial charge in [0.15, 0.2) is 15.6 Å². The Bertz CT molecular complexity index is 831. The largest absolute Gasteiger partial charge is 0.394 e. The topological polar surface area (TPSA) is 185 Å². The number of nitrogens with zero attached hydrogens (tertiary/aromatic N) is 1. The van der Waals surface area contributed by atoms with Crippen LogP contribution >= 0.6 is 0 Å². The lowest BCUT2D eigenvalue weighted by molar-refractivity contribution is -0.137. The standard InChI is InChI=1S/C12H19N3O8S/c1-12(9(18)8(17)6(5-16)23-12)15-4-7(10(19)14-11(15)20)24(21,22)3-2-13/h4,6,8-9,16-18H,2-3,5,13H2,1H3,(H,14,19,20)/t6-,8-,9-,12-/m1/s1. The second kappa shape index (κ2) is 6.38. The predicted octanol–water partition coefficient (Wildman–Crippen LogP) is -3.95. The predicted molar refractivity (Wildman–Crippen MR) is 80.1 cm³/mol. The van der Waals surface area contributed by atoms with Crippen LogP contribution in [0.1, 0.15) is 6.92 Å². The highest BCUT2D eigenvalue weighted by molar-refractivity contribution is 7.91. The third kappa shape index (κ3) is 2.92. The van der Waals surface area contributed by atoms with Crippen LogP contribution in [0.4, 0.5) is 0 Å². The Labute approximate surface area is 136 Å². The van der Waals surface area contributed by atoms with Gasteiger partial charge in [0.05, 0.1) is 12.4 Å². The summed E-state index contributed by atoms with van der Waals surface area (Å²) in [6.45, 7) is 0.350. The summed E-state index contributed by atoms with van der Waals surface area (Å²) in [5.74, 6) is -0.518. The number of aromatic amines is 1. The van der Waals surface area contributed by atoms with E-state index in [-0.39, 0.29) is 6.54 Å². The maximum absolute atomic E-state index is 12.1. The van der Waals surface area contributed by atoms with E-state index >= 15 is 0 Å². The average molecular weight is 365 g/mol. The molecule has 2 rings (SSSR count). The highest BCUT2D eigenvalue weighted by Crippen LogP contribution is 2.34. The molecule has 0 bridgehead atoms. The zero-order valence-corrected chi connectivity index (χ0v) is 13.6. The van der Waals surface area contributed by atoms with E-state index in [0.29, 0.717) is 4.57 Å². The molecule has 6 N–H and O–H groups in total. The summed E-state index contributed by atoms with van der Waals surface area (Å²) >= 11 is 0. The van der Waals surface area contributed by atoms with Crippen molar-refractivity contribution >= 4 is 9.84 Å². The fourth-order valence-corrected chi connectivity index (χ4v) is 3.71. The molecule has 136 valence electrons. The lowest BCUT2D eigenvalue weighted by Crippen LogP contribution is -2.50. The lowest BCUT2D eigenvalue weighted by atomic mass is 10.0. The van der Waals surface area contributed by atoms with E-state index in [9.17, 15) is 28.2 Å². The van der Waals surface area contributed by atoms with E-state index in [0.717, 1.165) is 6.20 Å². The lowest BCUT2D eigenvalue weighted by Gasteiger charge is -2.29. The molecule has 0 aromatic carbocycles. The van der Waals surface area contributed by atoms with Gasteiger partial charge in [-0.2, -0.15) is 0 Å². The number of hydrogen-bond acceptors (Lipinski definition) is 9. The number of ether oxygens (including phenoxy) is 1. The number of nitrogens with one attached hydrogen (secondary N) is 1. The van der Waals surface area contributed by atoms with Crippen LogP contribution in [0.2, 0.25) is 0 Å². The van der Waals surface area contributed by atoms with Crippen LogP contribution in [0.15, 0.2) is 20.7 Å². The van der Waals surface area contributed by atoms with Gasteiger partial charge in [0.25, 0.3) is 5.56 Å². The summed E-state index contributed by atoms with van der Waals surface area (Å²) in [6, 6.07) is 0. The van der Waals surface area contributed by atoms with Crippen molar-refractivity contribution in [2.24, 2.45) is 5.73 Å². The monoisotopic (exact) mass is 365 g/mol. The van der Waals surface area contributed by atoms with E-state index in [1.165, 1.54) is 6.92 Å². The van der Waals surface area contributed by atoms with Gasteiger partial charge in [0.2, 0.25) is 0 Å². The molecule has 1 aliphatic rings. The first-order valence-electron chi connectivity index (χ1n) is 7.02. The van der Waals surface area contributed by atoms with Crippen molar-refractivity contribution in [2.75, 3.05) is 18.9 Å². The van der Waals surface area contributed by atoms with Crippen molar-refractivity contribution in [3.8, 4) is 0 Å². The number of H-pyrrole nitrogens is 1. The number of hydrogen-bond donors (Lipinski definition) is 5. The van der Waals surface area contributed by atoms with Crippen LogP contribution in [0.5, 0.6) is 0 Å². The van der Waals surface area contributed by atoms with Crippen LogP contribution in [0, 0.1) is 0 Å². The number of rotatable bonds is 5. The minimum absolute atomic E-state index is 0.234. The summed E-state index contributed by atoms with van der Waals surface area (Å²) < 4.78 is 30.2. The Morgan fingerprint density at radius 2 is 2.04 bits per heavy atom. The number of sulfone groups is 1. The van der Waals surface area contributed by atoms with Crippen molar-refractivity contribution in [3.63, 3.8) is 0 Å². The van der Waals surface area contributed by atoms with Crippen LogP contribution in [-0.4, -0.2) is 70.5 Å². The first-order chi connectivity index (χ1) is 11.1. The molecule has 12 heteroatoms. The first-order valence-corrected chi connectivity index (χ1v) is 8.68. The third-order valence-corrected chi connectivity index (χ3v) is 5.67. The SMILES string of the molecule is C[C@@]1(n2cc(S(=O)(=O)CCN)c(=O)[nH]c2=O)O[C@H](CO)[C@@H](O)[C@H]1O. The molecule has 0 spiro atoms. The first kappa shape index (κ1) is 18.8. The highest BCUT2D eigenvalue weighted by atomic mass is 32.2. The molecule has 11 nitrogen and oxygen atoms in total. The number of aliphatic hydroxyl groups is 3. The molecule has 0 amide bonds. The molecule has 4 atom stereocenters. The summed E-state index contributed by atoms with van der Waals surface area (Å²) in [6.07, 6.45) is -3.61. The molecule has 1 aliphatic heterocycles. The molecule has 1 fully saturated rings. The molecule has 1 aromatic rings. The van der Waals surface area contributed by atoms with E-state index in [1.54, 1.807) is 0 Å². The normalized spacial score (nSPS) is 30.6. The fraction of sp³-hybridized carbons (Fsp3) is 0.667. The zero-order valence-electron chi connectivity index (χ0n) is 12.7. The van der Waals surface area contributed by atoms with E-state index in [4.69, 9.17) is 15.6 Å². The molecular weight excluding hydrogens is 346 g/mol. The third-order valence-electron chi connectivity index (χ3n) is 3.93. The molecule has 0 unspecified atom stereocenters. The Morgan fingerprint density at radius 3 is 2.54 bits per heavy atom. The van der Waals surface area contributed by atoms with Gasteiger partial charge in [-0.25, -0.2) is 13.2 Å². The Morgan fingerprint density at radius 1 is 1.42 bits per heavy atom. The summed E-state index contributed by atoms with van der Waals surface area (Å²) in [5, 5.41) is 29.2. The van der Waals surface area contributed by atoms with Crippen molar-refractivity contribution in [2.45, 2.75) is 35.9 Å². The van der Waals surface area contributed by atoms with Gasteiger partial charge in [-0.05, 0) is 6.92 Å². The second-order valence-corrected chi connectivity index (χ2v) is 7.64. The maximum atomic E-state index is 12.1. The van der Waals surface area contributed by atoms with E-state index in [2.05, 4.69) is 0 Å². The Hall–Kier alpha value is -1.57. The minimum Gasteiger partial charge on any atom is -0.394 e. The fourth-order valence-electron chi connectivity index (χ4n) is 2.58. The summed E-state index contributed by atoms with van der Waals surface area (Å²) in [7, 11) is -4.06. The van der Waals surface area contributed by atoms with Gasteiger partial charge in [0, 0.05) is 12.7 Å². The van der Waals surface area contributed by atoms with Crippen molar-refractivity contribution < 1.29 is 28.5 Å². The van der Waals surface area contributed by atoms with E-state index < -0.39 is 62.4 Å².